The van der Waals surface area contributed by atoms with Gasteiger partial charge in [-0.25, -0.2) is 4.68 Å². The van der Waals surface area contributed by atoms with Crippen molar-refractivity contribution in [3.8, 4) is 5.69 Å². The van der Waals surface area contributed by atoms with E-state index in [1.165, 1.54) is 0 Å². The molecule has 1 aromatic heterocycles. The van der Waals surface area contributed by atoms with E-state index in [-0.39, 0.29) is 11.9 Å². The maximum Gasteiger partial charge on any atom is 0.258 e. The fraction of sp³-hybridized carbons (Fsp3) is 0.238. The third kappa shape index (κ3) is 3.02. The quantitative estimate of drug-likeness (QED) is 0.774. The summed E-state index contributed by atoms with van der Waals surface area (Å²) in [4.78, 5) is 15.3. The lowest BCUT2D eigenvalue weighted by molar-refractivity contribution is 0.0985. The first kappa shape index (κ1) is 16.5. The normalized spacial score (nSPS) is 16.8. The summed E-state index contributed by atoms with van der Waals surface area (Å²) in [5, 5.41) is 7.73. The molecule has 26 heavy (non-hydrogen) atoms. The van der Waals surface area contributed by atoms with Crippen molar-refractivity contribution in [2.45, 2.75) is 26.4 Å². The van der Waals surface area contributed by atoms with Crippen molar-refractivity contribution in [3.63, 3.8) is 0 Å². The Morgan fingerprint density at radius 1 is 1.19 bits per heavy atom. The van der Waals surface area contributed by atoms with Gasteiger partial charge < -0.3 is 10.2 Å². The zero-order chi connectivity index (χ0) is 18.1. The molecule has 0 unspecified atom stereocenters. The monoisotopic (exact) mass is 346 g/mol. The van der Waals surface area contributed by atoms with Crippen LogP contribution < -0.4 is 10.2 Å². The molecule has 132 valence electrons. The number of aromatic nitrogens is 2. The number of anilines is 1. The second kappa shape index (κ2) is 6.77. The first-order valence-electron chi connectivity index (χ1n) is 8.87. The van der Waals surface area contributed by atoms with Crippen molar-refractivity contribution in [3.05, 3.63) is 77.6 Å². The highest BCUT2D eigenvalue weighted by Gasteiger charge is 2.25. The summed E-state index contributed by atoms with van der Waals surface area (Å²) in [5.74, 6) is 0.0394. The molecule has 1 aliphatic heterocycles. The molecular weight excluding hydrogens is 324 g/mol. The smallest absolute Gasteiger partial charge is 0.258 e. The second-order valence-corrected chi connectivity index (χ2v) is 6.78. The largest absolute Gasteiger partial charge is 0.308 e. The molecule has 2 aromatic carbocycles. The summed E-state index contributed by atoms with van der Waals surface area (Å²) in [7, 11) is 0. The molecule has 1 amide bonds. The second-order valence-electron chi connectivity index (χ2n) is 6.78. The van der Waals surface area contributed by atoms with Gasteiger partial charge in [0.15, 0.2) is 0 Å². The van der Waals surface area contributed by atoms with Crippen LogP contribution in [-0.2, 0) is 6.54 Å². The third-order valence-corrected chi connectivity index (χ3v) is 4.83. The highest BCUT2D eigenvalue weighted by molar-refractivity contribution is 6.07. The summed E-state index contributed by atoms with van der Waals surface area (Å²) < 4.78 is 1.80. The van der Waals surface area contributed by atoms with Crippen LogP contribution in [0.3, 0.4) is 0 Å². The molecule has 1 aliphatic rings. The average Bonchev–Trinajstić information content (AvgIpc) is 3.13. The predicted molar refractivity (Wildman–Crippen MR) is 103 cm³/mol. The summed E-state index contributed by atoms with van der Waals surface area (Å²) in [6.45, 7) is 5.51. The van der Waals surface area contributed by atoms with Crippen molar-refractivity contribution in [2.24, 2.45) is 0 Å². The molecule has 0 spiro atoms. The highest BCUT2D eigenvalue weighted by atomic mass is 16.2. The van der Waals surface area contributed by atoms with E-state index in [9.17, 15) is 4.79 Å². The maximum atomic E-state index is 13.4. The van der Waals surface area contributed by atoms with Crippen molar-refractivity contribution < 1.29 is 4.79 Å². The zero-order valence-corrected chi connectivity index (χ0v) is 15.0. The number of hydrogen-bond acceptors (Lipinski definition) is 3. The minimum atomic E-state index is 0.0394. The number of hydrogen-bond donors (Lipinski definition) is 1. The molecule has 0 saturated carbocycles. The summed E-state index contributed by atoms with van der Waals surface area (Å²) >= 11 is 0. The number of nitrogens with one attached hydrogen (secondary N) is 1. The van der Waals surface area contributed by atoms with E-state index < -0.39 is 0 Å². The Hall–Kier alpha value is -2.92. The lowest BCUT2D eigenvalue weighted by Crippen LogP contribution is -2.40. The van der Waals surface area contributed by atoms with Crippen LogP contribution in [0, 0.1) is 6.92 Å². The van der Waals surface area contributed by atoms with Crippen LogP contribution >= 0.6 is 0 Å². The predicted octanol–water partition coefficient (Wildman–Crippen LogP) is 3.32. The molecule has 1 atom stereocenters. The Morgan fingerprint density at radius 2 is 2.04 bits per heavy atom. The highest BCUT2D eigenvalue weighted by Crippen LogP contribution is 2.26. The number of benzene rings is 2. The van der Waals surface area contributed by atoms with Gasteiger partial charge in [0.1, 0.15) is 0 Å². The summed E-state index contributed by atoms with van der Waals surface area (Å²) in [6.07, 6.45) is 3.64. The average molecular weight is 346 g/mol. The molecule has 5 nitrogen and oxygen atoms in total. The Labute approximate surface area is 153 Å². The molecule has 0 fully saturated rings. The van der Waals surface area contributed by atoms with Crippen LogP contribution in [0.2, 0.25) is 0 Å². The van der Waals surface area contributed by atoms with E-state index >= 15 is 0 Å². The van der Waals surface area contributed by atoms with Crippen molar-refractivity contribution in [1.29, 1.82) is 0 Å². The number of fused-ring (bicyclic) bond motifs is 1. The van der Waals surface area contributed by atoms with Gasteiger partial charge in [-0.2, -0.15) is 5.10 Å². The number of rotatable bonds is 2. The minimum absolute atomic E-state index is 0.0394. The van der Waals surface area contributed by atoms with E-state index in [0.29, 0.717) is 6.54 Å². The van der Waals surface area contributed by atoms with Gasteiger partial charge in [0, 0.05) is 42.8 Å². The van der Waals surface area contributed by atoms with Gasteiger partial charge in [-0.3, -0.25) is 4.79 Å². The van der Waals surface area contributed by atoms with E-state index in [4.69, 9.17) is 0 Å². The lowest BCUT2D eigenvalue weighted by Gasteiger charge is -2.25. The minimum Gasteiger partial charge on any atom is -0.308 e. The number of aryl methyl sites for hydroxylation is 1. The third-order valence-electron chi connectivity index (χ3n) is 4.83. The molecule has 0 saturated heterocycles. The van der Waals surface area contributed by atoms with Gasteiger partial charge in [-0.1, -0.05) is 18.2 Å². The van der Waals surface area contributed by atoms with Crippen molar-refractivity contribution >= 4 is 11.6 Å². The molecule has 0 aliphatic carbocycles. The molecule has 3 aromatic rings. The Bertz CT molecular complexity index is 933. The summed E-state index contributed by atoms with van der Waals surface area (Å²) in [6, 6.07) is 16.1. The SMILES string of the molecule is Cc1cc(-n2cccn2)ccc1C(=O)N1C[C@@H](C)NCc2ccccc21. The van der Waals surface area contributed by atoms with Gasteiger partial charge in [0.2, 0.25) is 0 Å². The van der Waals surface area contributed by atoms with Gasteiger partial charge in [-0.15, -0.1) is 0 Å². The van der Waals surface area contributed by atoms with E-state index in [1.807, 2.05) is 60.5 Å². The van der Waals surface area contributed by atoms with Gasteiger partial charge >= 0.3 is 0 Å². The fourth-order valence-electron chi connectivity index (χ4n) is 3.43. The van der Waals surface area contributed by atoms with Crippen molar-refractivity contribution in [2.75, 3.05) is 11.4 Å². The number of amides is 1. The van der Waals surface area contributed by atoms with Crippen LogP contribution in [0.5, 0.6) is 0 Å². The summed E-state index contributed by atoms with van der Waals surface area (Å²) in [5.41, 5.74) is 4.77. The van der Waals surface area contributed by atoms with Gasteiger partial charge in [0.25, 0.3) is 5.91 Å². The fourth-order valence-corrected chi connectivity index (χ4v) is 3.43. The molecular formula is C21H22N4O. The molecule has 2 heterocycles. The number of para-hydroxylation sites is 1. The van der Waals surface area contributed by atoms with Crippen LogP contribution in [0.1, 0.15) is 28.4 Å². The van der Waals surface area contributed by atoms with Crippen LogP contribution in [0.4, 0.5) is 5.69 Å². The van der Waals surface area contributed by atoms with Crippen molar-refractivity contribution in [1.82, 2.24) is 15.1 Å². The number of carbonyl (C=O) groups is 1. The van der Waals surface area contributed by atoms with Gasteiger partial charge in [0.05, 0.1) is 5.69 Å². The van der Waals surface area contributed by atoms with E-state index in [0.717, 1.165) is 34.6 Å². The van der Waals surface area contributed by atoms with Crippen LogP contribution in [-0.4, -0.2) is 28.3 Å². The molecule has 4 rings (SSSR count). The van der Waals surface area contributed by atoms with E-state index in [2.05, 4.69) is 23.4 Å². The van der Waals surface area contributed by atoms with Crippen LogP contribution in [0.15, 0.2) is 60.9 Å². The molecule has 0 radical (unpaired) electrons. The van der Waals surface area contributed by atoms with E-state index in [1.54, 1.807) is 10.9 Å². The number of nitrogens with zero attached hydrogens (tertiary/aromatic N) is 3. The molecule has 5 heteroatoms. The first-order valence-corrected chi connectivity index (χ1v) is 8.87. The zero-order valence-electron chi connectivity index (χ0n) is 15.0. The molecule has 0 bridgehead atoms. The Balaban J connectivity index is 1.71. The topological polar surface area (TPSA) is 50.2 Å². The Kier molecular flexibility index (Phi) is 4.31. The van der Waals surface area contributed by atoms with Crippen LogP contribution in [0.25, 0.3) is 5.69 Å². The first-order chi connectivity index (χ1) is 12.6. The van der Waals surface area contributed by atoms with Gasteiger partial charge in [-0.05, 0) is 55.3 Å². The standard InChI is InChI=1S/C21H22N4O/c1-15-12-18(25-11-5-10-23-25)8-9-19(15)21(26)24-14-16(2)22-13-17-6-3-4-7-20(17)24/h3-12,16,22H,13-14H2,1-2H3/t16-/m1/s1. The Morgan fingerprint density at radius 3 is 2.81 bits per heavy atom. The molecule has 1 N–H and O–H groups in total. The number of carbonyl (C=O) groups excluding carboxylic acids is 1. The lowest BCUT2D eigenvalue weighted by atomic mass is 10.0. The maximum absolute atomic E-state index is 13.4.